The van der Waals surface area contributed by atoms with Crippen LogP contribution in [0.1, 0.15) is 26.3 Å². The van der Waals surface area contributed by atoms with Gasteiger partial charge in [0.1, 0.15) is 12.4 Å². The standard InChI is InChI=1S/C15H22O3/c1-4-9-13-10-7-8-11-14(13)18-12-15(16-5-2)17-6-3/h4,7-11,15H,5-6,12H2,1-3H3/b9-4+. The van der Waals surface area contributed by atoms with E-state index >= 15 is 0 Å². The van der Waals surface area contributed by atoms with Gasteiger partial charge in [-0.1, -0.05) is 30.4 Å². The van der Waals surface area contributed by atoms with E-state index in [1.54, 1.807) is 0 Å². The van der Waals surface area contributed by atoms with E-state index in [1.165, 1.54) is 0 Å². The average Bonchev–Trinajstić information content (AvgIpc) is 2.38. The molecule has 0 saturated heterocycles. The third-order valence-corrected chi connectivity index (χ3v) is 2.35. The molecular formula is C15H22O3. The first-order valence-corrected chi connectivity index (χ1v) is 6.39. The molecule has 0 aromatic heterocycles. The Labute approximate surface area is 109 Å². The lowest BCUT2D eigenvalue weighted by Crippen LogP contribution is -2.25. The quantitative estimate of drug-likeness (QED) is 0.661. The lowest BCUT2D eigenvalue weighted by molar-refractivity contribution is -0.152. The van der Waals surface area contributed by atoms with Gasteiger partial charge in [-0.2, -0.15) is 0 Å². The van der Waals surface area contributed by atoms with E-state index in [4.69, 9.17) is 14.2 Å². The topological polar surface area (TPSA) is 27.7 Å². The van der Waals surface area contributed by atoms with Crippen LogP contribution in [0.4, 0.5) is 0 Å². The van der Waals surface area contributed by atoms with Gasteiger partial charge in [-0.3, -0.25) is 0 Å². The van der Waals surface area contributed by atoms with E-state index in [0.29, 0.717) is 19.8 Å². The highest BCUT2D eigenvalue weighted by molar-refractivity contribution is 5.56. The molecule has 0 aliphatic rings. The fourth-order valence-electron chi connectivity index (χ4n) is 1.60. The Bertz CT molecular complexity index is 355. The summed E-state index contributed by atoms with van der Waals surface area (Å²) in [6.45, 7) is 7.50. The summed E-state index contributed by atoms with van der Waals surface area (Å²) in [5.74, 6) is 0.847. The molecule has 18 heavy (non-hydrogen) atoms. The van der Waals surface area contributed by atoms with Crippen LogP contribution in [0.25, 0.3) is 6.08 Å². The highest BCUT2D eigenvalue weighted by atomic mass is 16.7. The van der Waals surface area contributed by atoms with Gasteiger partial charge >= 0.3 is 0 Å². The summed E-state index contributed by atoms with van der Waals surface area (Å²) in [4.78, 5) is 0. The largest absolute Gasteiger partial charge is 0.488 e. The van der Waals surface area contributed by atoms with Crippen molar-refractivity contribution in [2.75, 3.05) is 19.8 Å². The summed E-state index contributed by atoms with van der Waals surface area (Å²) >= 11 is 0. The Morgan fingerprint density at radius 2 is 1.78 bits per heavy atom. The molecule has 3 heteroatoms. The molecule has 0 radical (unpaired) electrons. The number of hydrogen-bond acceptors (Lipinski definition) is 3. The number of rotatable bonds is 8. The number of benzene rings is 1. The van der Waals surface area contributed by atoms with E-state index in [1.807, 2.05) is 57.2 Å². The van der Waals surface area contributed by atoms with Crippen LogP contribution in [0.5, 0.6) is 5.75 Å². The minimum atomic E-state index is -0.307. The van der Waals surface area contributed by atoms with E-state index in [0.717, 1.165) is 11.3 Å². The minimum absolute atomic E-state index is 0.307. The number of hydrogen-bond donors (Lipinski definition) is 0. The molecule has 0 bridgehead atoms. The molecule has 0 N–H and O–H groups in total. The summed E-state index contributed by atoms with van der Waals surface area (Å²) < 4.78 is 16.6. The van der Waals surface area contributed by atoms with Crippen molar-refractivity contribution in [2.45, 2.75) is 27.1 Å². The number of ether oxygens (including phenoxy) is 3. The van der Waals surface area contributed by atoms with E-state index in [9.17, 15) is 0 Å². The average molecular weight is 250 g/mol. The third kappa shape index (κ3) is 4.90. The molecule has 0 fully saturated rings. The van der Waals surface area contributed by atoms with E-state index in [-0.39, 0.29) is 6.29 Å². The van der Waals surface area contributed by atoms with Crippen LogP contribution < -0.4 is 4.74 Å². The summed E-state index contributed by atoms with van der Waals surface area (Å²) in [7, 11) is 0. The molecule has 1 aromatic carbocycles. The van der Waals surface area contributed by atoms with Gasteiger partial charge in [0.15, 0.2) is 6.29 Å². The molecule has 3 nitrogen and oxygen atoms in total. The molecule has 0 saturated carbocycles. The minimum Gasteiger partial charge on any atom is -0.488 e. The molecule has 1 rings (SSSR count). The van der Waals surface area contributed by atoms with Gasteiger partial charge in [-0.05, 0) is 26.8 Å². The summed E-state index contributed by atoms with van der Waals surface area (Å²) in [5.41, 5.74) is 1.06. The Balaban J connectivity index is 2.60. The van der Waals surface area contributed by atoms with E-state index < -0.39 is 0 Å². The maximum absolute atomic E-state index is 5.76. The van der Waals surface area contributed by atoms with Crippen LogP contribution in [-0.4, -0.2) is 26.1 Å². The Kier molecular flexibility index (Phi) is 7.14. The molecule has 0 amide bonds. The van der Waals surface area contributed by atoms with Gasteiger partial charge in [-0.15, -0.1) is 0 Å². The normalized spacial score (nSPS) is 11.3. The van der Waals surface area contributed by atoms with Crippen molar-refractivity contribution in [3.05, 3.63) is 35.9 Å². The van der Waals surface area contributed by atoms with Crippen molar-refractivity contribution in [3.63, 3.8) is 0 Å². The maximum Gasteiger partial charge on any atom is 0.191 e. The SMILES string of the molecule is C/C=C/c1ccccc1OCC(OCC)OCC. The van der Waals surface area contributed by atoms with Crippen LogP contribution >= 0.6 is 0 Å². The second-order valence-corrected chi connectivity index (χ2v) is 3.69. The Morgan fingerprint density at radius 3 is 2.39 bits per heavy atom. The lowest BCUT2D eigenvalue weighted by Gasteiger charge is -2.18. The molecule has 0 unspecified atom stereocenters. The van der Waals surface area contributed by atoms with Crippen LogP contribution in [0.15, 0.2) is 30.3 Å². The van der Waals surface area contributed by atoms with Gasteiger partial charge in [0.25, 0.3) is 0 Å². The van der Waals surface area contributed by atoms with Crippen molar-refractivity contribution >= 4 is 6.08 Å². The molecule has 0 atom stereocenters. The first-order chi connectivity index (χ1) is 8.81. The predicted octanol–water partition coefficient (Wildman–Crippen LogP) is 3.50. The lowest BCUT2D eigenvalue weighted by atomic mass is 10.2. The summed E-state index contributed by atoms with van der Waals surface area (Å²) in [6.07, 6.45) is 3.70. The highest BCUT2D eigenvalue weighted by Crippen LogP contribution is 2.19. The van der Waals surface area contributed by atoms with E-state index in [2.05, 4.69) is 0 Å². The zero-order valence-electron chi connectivity index (χ0n) is 11.4. The van der Waals surface area contributed by atoms with Gasteiger partial charge in [0, 0.05) is 18.8 Å². The zero-order valence-corrected chi connectivity index (χ0v) is 11.4. The molecule has 100 valence electrons. The Morgan fingerprint density at radius 1 is 1.11 bits per heavy atom. The van der Waals surface area contributed by atoms with Gasteiger partial charge in [0.2, 0.25) is 0 Å². The molecule has 0 heterocycles. The van der Waals surface area contributed by atoms with Crippen LogP contribution in [0.3, 0.4) is 0 Å². The van der Waals surface area contributed by atoms with Gasteiger partial charge in [0.05, 0.1) is 0 Å². The Hall–Kier alpha value is -1.32. The van der Waals surface area contributed by atoms with Crippen LogP contribution in [-0.2, 0) is 9.47 Å². The van der Waals surface area contributed by atoms with Gasteiger partial charge < -0.3 is 14.2 Å². The fraction of sp³-hybridized carbons (Fsp3) is 0.467. The van der Waals surface area contributed by atoms with Crippen LogP contribution in [0, 0.1) is 0 Å². The van der Waals surface area contributed by atoms with Crippen LogP contribution in [0.2, 0.25) is 0 Å². The van der Waals surface area contributed by atoms with Crippen molar-refractivity contribution in [1.82, 2.24) is 0 Å². The number of allylic oxidation sites excluding steroid dienone is 1. The monoisotopic (exact) mass is 250 g/mol. The van der Waals surface area contributed by atoms with Crippen molar-refractivity contribution < 1.29 is 14.2 Å². The molecule has 1 aromatic rings. The predicted molar refractivity (Wildman–Crippen MR) is 73.7 cm³/mol. The highest BCUT2D eigenvalue weighted by Gasteiger charge is 2.09. The van der Waals surface area contributed by atoms with Crippen molar-refractivity contribution in [1.29, 1.82) is 0 Å². The van der Waals surface area contributed by atoms with Gasteiger partial charge in [-0.25, -0.2) is 0 Å². The molecule has 0 aliphatic carbocycles. The first kappa shape index (κ1) is 14.7. The summed E-state index contributed by atoms with van der Waals surface area (Å²) in [5, 5.41) is 0. The smallest absolute Gasteiger partial charge is 0.191 e. The molecular weight excluding hydrogens is 228 g/mol. The fourth-order valence-corrected chi connectivity index (χ4v) is 1.60. The molecule has 0 aliphatic heterocycles. The second kappa shape index (κ2) is 8.72. The maximum atomic E-state index is 5.76. The first-order valence-electron chi connectivity index (χ1n) is 6.39. The van der Waals surface area contributed by atoms with Crippen molar-refractivity contribution in [2.24, 2.45) is 0 Å². The van der Waals surface area contributed by atoms with Crippen molar-refractivity contribution in [3.8, 4) is 5.75 Å². The third-order valence-electron chi connectivity index (χ3n) is 2.35. The summed E-state index contributed by atoms with van der Waals surface area (Å²) in [6, 6.07) is 7.92. The zero-order chi connectivity index (χ0) is 13.2. The number of para-hydroxylation sites is 1. The second-order valence-electron chi connectivity index (χ2n) is 3.69. The molecule has 0 spiro atoms.